The molecule has 3 aliphatic carbocycles. The highest BCUT2D eigenvalue weighted by molar-refractivity contribution is 6.25. The zero-order chi connectivity index (χ0) is 29.0. The number of amides is 3. The highest BCUT2D eigenvalue weighted by Crippen LogP contribution is 2.63. The summed E-state index contributed by atoms with van der Waals surface area (Å²) >= 11 is 0. The number of nitrogens with one attached hydrogen (secondary N) is 1. The van der Waals surface area contributed by atoms with E-state index in [2.05, 4.69) is 16.6 Å². The van der Waals surface area contributed by atoms with Crippen LogP contribution < -0.4 is 15.1 Å². The summed E-state index contributed by atoms with van der Waals surface area (Å²) in [5.74, 6) is -2.54. The Morgan fingerprint density at radius 2 is 1.60 bits per heavy atom. The number of carbonyl (C=O) groups excluding carboxylic acids is 3. The summed E-state index contributed by atoms with van der Waals surface area (Å²) in [6.45, 7) is 0. The molecule has 2 atom stereocenters. The Bertz CT molecular complexity index is 1830. The number of hydrogen-bond acceptors (Lipinski definition) is 6. The number of ether oxygens (including phenoxy) is 1. The van der Waals surface area contributed by atoms with Crippen LogP contribution in [0.5, 0.6) is 5.75 Å². The van der Waals surface area contributed by atoms with Crippen molar-refractivity contribution in [2.45, 2.75) is 11.3 Å². The third kappa shape index (κ3) is 3.40. The lowest BCUT2D eigenvalue weighted by atomic mass is 9.47. The van der Waals surface area contributed by atoms with Gasteiger partial charge < -0.3 is 4.74 Å². The number of methoxy groups -OCH3 is 1. The molecule has 8 heteroatoms. The Morgan fingerprint density at radius 3 is 2.29 bits per heavy atom. The van der Waals surface area contributed by atoms with Crippen LogP contribution in [0.1, 0.15) is 44.1 Å². The lowest BCUT2D eigenvalue weighted by Crippen LogP contribution is -2.54. The molecular weight excluding hydrogens is 528 g/mol. The summed E-state index contributed by atoms with van der Waals surface area (Å²) < 4.78 is 5.24. The minimum absolute atomic E-state index is 0.244. The van der Waals surface area contributed by atoms with Crippen LogP contribution >= 0.6 is 0 Å². The van der Waals surface area contributed by atoms with Gasteiger partial charge in [0.25, 0.3) is 5.91 Å². The summed E-state index contributed by atoms with van der Waals surface area (Å²) in [5.41, 5.74) is 5.98. The third-order valence-corrected chi connectivity index (χ3v) is 8.72. The van der Waals surface area contributed by atoms with Gasteiger partial charge in [0.05, 0.1) is 35.6 Å². The van der Waals surface area contributed by atoms with E-state index in [0.29, 0.717) is 11.3 Å². The molecule has 8 nitrogen and oxygen atoms in total. The van der Waals surface area contributed by atoms with Crippen molar-refractivity contribution in [2.75, 3.05) is 12.0 Å². The van der Waals surface area contributed by atoms with Gasteiger partial charge in [-0.25, -0.2) is 10.3 Å². The zero-order valence-electron chi connectivity index (χ0n) is 22.5. The average molecular weight is 553 g/mol. The molecular formula is C34H24N4O4. The maximum atomic E-state index is 14.5. The zero-order valence-corrected chi connectivity index (χ0v) is 22.5. The van der Waals surface area contributed by atoms with Gasteiger partial charge in [0, 0.05) is 17.7 Å². The van der Waals surface area contributed by atoms with Crippen LogP contribution in [0.4, 0.5) is 5.69 Å². The molecule has 4 aromatic rings. The monoisotopic (exact) mass is 552 g/mol. The van der Waals surface area contributed by atoms with E-state index in [1.807, 2.05) is 48.5 Å². The SMILES string of the molecule is COc1cccc(C(=O)N/N=C\C23c4ccccc4C(c4ccccc42)[C@H]2C(=O)N(c4ccccc4C#N)C(=O)[C@H]23)c1. The van der Waals surface area contributed by atoms with Crippen LogP contribution in [0.2, 0.25) is 0 Å². The maximum Gasteiger partial charge on any atom is 0.271 e. The number of nitrogens with zero attached hydrogens (tertiary/aromatic N) is 3. The fraction of sp³-hybridized carbons (Fsp3) is 0.147. The van der Waals surface area contributed by atoms with Gasteiger partial charge in [0.2, 0.25) is 11.8 Å². The van der Waals surface area contributed by atoms with Gasteiger partial charge in [-0.1, -0.05) is 66.7 Å². The molecule has 0 unspecified atom stereocenters. The van der Waals surface area contributed by atoms with Crippen molar-refractivity contribution in [3.63, 3.8) is 0 Å². The molecule has 4 aromatic carbocycles. The normalized spacial score (nSPS) is 23.2. The minimum Gasteiger partial charge on any atom is -0.497 e. The molecule has 1 heterocycles. The van der Waals surface area contributed by atoms with Gasteiger partial charge >= 0.3 is 0 Å². The number of hydrogen-bond donors (Lipinski definition) is 1. The van der Waals surface area contributed by atoms with Crippen molar-refractivity contribution >= 4 is 29.6 Å². The fourth-order valence-electron chi connectivity index (χ4n) is 7.07. The van der Waals surface area contributed by atoms with Gasteiger partial charge in [-0.15, -0.1) is 0 Å². The quantitative estimate of drug-likeness (QED) is 0.222. The van der Waals surface area contributed by atoms with Gasteiger partial charge in [0.15, 0.2) is 0 Å². The molecule has 0 spiro atoms. The van der Waals surface area contributed by atoms with Crippen molar-refractivity contribution in [3.05, 3.63) is 130 Å². The molecule has 4 aliphatic rings. The topological polar surface area (TPSA) is 112 Å². The van der Waals surface area contributed by atoms with E-state index in [-0.39, 0.29) is 23.1 Å². The lowest BCUT2D eigenvalue weighted by molar-refractivity contribution is -0.122. The fourth-order valence-corrected chi connectivity index (χ4v) is 7.07. The summed E-state index contributed by atoms with van der Waals surface area (Å²) in [7, 11) is 1.53. The second-order valence-corrected chi connectivity index (χ2v) is 10.6. The maximum absolute atomic E-state index is 14.5. The molecule has 1 N–H and O–H groups in total. The van der Waals surface area contributed by atoms with Crippen molar-refractivity contribution in [1.29, 1.82) is 5.26 Å². The number of benzene rings is 4. The highest BCUT2D eigenvalue weighted by atomic mass is 16.5. The van der Waals surface area contributed by atoms with E-state index in [4.69, 9.17) is 4.74 Å². The second-order valence-electron chi connectivity index (χ2n) is 10.6. The predicted octanol–water partition coefficient (Wildman–Crippen LogP) is 4.53. The molecule has 0 saturated carbocycles. The molecule has 1 aliphatic heterocycles. The van der Waals surface area contributed by atoms with E-state index in [1.165, 1.54) is 12.0 Å². The number of hydrazone groups is 1. The Labute approximate surface area is 241 Å². The van der Waals surface area contributed by atoms with Crippen LogP contribution in [0.25, 0.3) is 0 Å². The lowest BCUT2D eigenvalue weighted by Gasteiger charge is -2.52. The molecule has 3 amide bonds. The number of imide groups is 1. The molecule has 42 heavy (non-hydrogen) atoms. The number of para-hydroxylation sites is 1. The first-order valence-corrected chi connectivity index (χ1v) is 13.6. The summed E-state index contributed by atoms with van der Waals surface area (Å²) in [6, 6.07) is 31.1. The van der Waals surface area contributed by atoms with Gasteiger partial charge in [0.1, 0.15) is 11.8 Å². The van der Waals surface area contributed by atoms with E-state index >= 15 is 0 Å². The first-order valence-electron chi connectivity index (χ1n) is 13.6. The Kier molecular flexibility index (Phi) is 5.77. The van der Waals surface area contributed by atoms with Gasteiger partial charge in [-0.3, -0.25) is 14.4 Å². The van der Waals surface area contributed by atoms with Crippen LogP contribution in [0, 0.1) is 23.2 Å². The molecule has 8 rings (SSSR count). The minimum atomic E-state index is -1.14. The molecule has 204 valence electrons. The van der Waals surface area contributed by atoms with Crippen molar-refractivity contribution in [1.82, 2.24) is 5.43 Å². The highest BCUT2D eigenvalue weighted by Gasteiger charge is 2.68. The molecule has 1 saturated heterocycles. The second kappa shape index (κ2) is 9.53. The standard InChI is InChI=1S/C34H24N4O4/c1-42-22-11-8-10-20(17-22)31(39)37-36-19-34-25-14-5-3-12-23(25)28(24-13-4-6-15-26(24)34)29-30(34)33(41)38(32(29)40)27-16-7-2-9-21(27)18-35/h2-17,19,28-30H,1H3,(H,37,39)/b36-19-/t28?,29-,30+,34?/m1/s1. The van der Waals surface area contributed by atoms with Gasteiger partial charge in [-0.05, 0) is 52.6 Å². The number of anilines is 1. The summed E-state index contributed by atoms with van der Waals surface area (Å²) in [6.07, 6.45) is 1.61. The number of rotatable bonds is 5. The van der Waals surface area contributed by atoms with Crippen LogP contribution in [0.3, 0.4) is 0 Å². The first kappa shape index (κ1) is 25.4. The summed E-state index contributed by atoms with van der Waals surface area (Å²) in [4.78, 5) is 43.0. The largest absolute Gasteiger partial charge is 0.497 e. The number of carbonyl (C=O) groups is 3. The van der Waals surface area contributed by atoms with Crippen LogP contribution in [0.15, 0.2) is 102 Å². The molecule has 2 bridgehead atoms. The van der Waals surface area contributed by atoms with Crippen molar-refractivity contribution in [3.8, 4) is 11.8 Å². The van der Waals surface area contributed by atoms with E-state index in [1.54, 1.807) is 54.7 Å². The Balaban J connectivity index is 1.40. The Morgan fingerprint density at radius 1 is 0.929 bits per heavy atom. The van der Waals surface area contributed by atoms with E-state index in [0.717, 1.165) is 22.3 Å². The van der Waals surface area contributed by atoms with Crippen LogP contribution in [-0.4, -0.2) is 31.0 Å². The summed E-state index contributed by atoms with van der Waals surface area (Å²) in [5, 5.41) is 14.2. The smallest absolute Gasteiger partial charge is 0.271 e. The molecule has 0 aromatic heterocycles. The van der Waals surface area contributed by atoms with E-state index < -0.39 is 29.1 Å². The number of nitriles is 1. The van der Waals surface area contributed by atoms with Crippen LogP contribution in [-0.2, 0) is 15.0 Å². The van der Waals surface area contributed by atoms with Gasteiger partial charge in [-0.2, -0.15) is 10.4 Å². The van der Waals surface area contributed by atoms with E-state index in [9.17, 15) is 19.6 Å². The van der Waals surface area contributed by atoms with Crippen molar-refractivity contribution < 1.29 is 19.1 Å². The first-order chi connectivity index (χ1) is 20.5. The predicted molar refractivity (Wildman–Crippen MR) is 155 cm³/mol. The average Bonchev–Trinajstić information content (AvgIpc) is 3.31. The molecule has 1 fully saturated rings. The molecule has 0 radical (unpaired) electrons. The Hall–Kier alpha value is -5.55. The third-order valence-electron chi connectivity index (χ3n) is 8.72. The van der Waals surface area contributed by atoms with Crippen molar-refractivity contribution in [2.24, 2.45) is 16.9 Å².